The molecule has 0 aromatic rings. The fraction of sp³-hybridized carbons (Fsp3) is 0.909. The molecule has 0 saturated carbocycles. The SMILES string of the molecule is CCC[CH2][Sn]([C]#CC(CCO)CCC(OC)OC)([CH2]CCC)[CH2]CCC. The van der Waals surface area contributed by atoms with E-state index in [0.29, 0.717) is 0 Å². The Bertz CT molecular complexity index is 350. The van der Waals surface area contributed by atoms with E-state index in [2.05, 4.69) is 30.6 Å². The number of unbranched alkanes of at least 4 members (excludes halogenated alkanes) is 3. The van der Waals surface area contributed by atoms with Crippen LogP contribution >= 0.6 is 0 Å². The van der Waals surface area contributed by atoms with Gasteiger partial charge in [0.25, 0.3) is 0 Å². The maximum atomic E-state index is 9.46. The van der Waals surface area contributed by atoms with Gasteiger partial charge in [0.05, 0.1) is 0 Å². The van der Waals surface area contributed by atoms with Crippen molar-refractivity contribution in [2.75, 3.05) is 20.8 Å². The van der Waals surface area contributed by atoms with Crippen molar-refractivity contribution in [2.24, 2.45) is 5.92 Å². The third-order valence-electron chi connectivity index (χ3n) is 5.32. The molecule has 0 spiro atoms. The molecule has 3 nitrogen and oxygen atoms in total. The predicted molar refractivity (Wildman–Crippen MR) is 115 cm³/mol. The average Bonchev–Trinajstić information content (AvgIpc) is 2.67. The van der Waals surface area contributed by atoms with Gasteiger partial charge in [-0.15, -0.1) is 0 Å². The van der Waals surface area contributed by atoms with Crippen molar-refractivity contribution in [3.8, 4) is 9.86 Å². The summed E-state index contributed by atoms with van der Waals surface area (Å²) in [5.41, 5.74) is 0. The van der Waals surface area contributed by atoms with Crippen molar-refractivity contribution in [3.63, 3.8) is 0 Å². The number of hydrogen-bond acceptors (Lipinski definition) is 3. The number of aliphatic hydroxyl groups is 1. The summed E-state index contributed by atoms with van der Waals surface area (Å²) >= 11 is -2.39. The molecule has 0 saturated heterocycles. The van der Waals surface area contributed by atoms with E-state index in [9.17, 15) is 5.11 Å². The van der Waals surface area contributed by atoms with Gasteiger partial charge in [-0.1, -0.05) is 0 Å². The zero-order valence-electron chi connectivity index (χ0n) is 18.1. The molecule has 0 rings (SSSR count). The molecule has 0 amide bonds. The van der Waals surface area contributed by atoms with E-state index in [4.69, 9.17) is 9.47 Å². The van der Waals surface area contributed by atoms with Gasteiger partial charge in [-0.05, 0) is 0 Å². The van der Waals surface area contributed by atoms with E-state index in [-0.39, 0.29) is 18.8 Å². The molecule has 0 aliphatic heterocycles. The van der Waals surface area contributed by atoms with Crippen LogP contribution in [0.2, 0.25) is 13.3 Å². The topological polar surface area (TPSA) is 38.7 Å². The summed E-state index contributed by atoms with van der Waals surface area (Å²) < 4.78 is 18.8. The van der Waals surface area contributed by atoms with Crippen LogP contribution in [0.15, 0.2) is 0 Å². The first-order valence-electron chi connectivity index (χ1n) is 10.8. The van der Waals surface area contributed by atoms with Crippen molar-refractivity contribution < 1.29 is 14.6 Å². The first kappa shape index (κ1) is 26.2. The van der Waals surface area contributed by atoms with Crippen LogP contribution in [0.5, 0.6) is 0 Å². The van der Waals surface area contributed by atoms with Gasteiger partial charge in [0.1, 0.15) is 0 Å². The van der Waals surface area contributed by atoms with E-state index < -0.39 is 18.4 Å². The molecule has 26 heavy (non-hydrogen) atoms. The quantitative estimate of drug-likeness (QED) is 0.175. The molecule has 1 unspecified atom stereocenters. The van der Waals surface area contributed by atoms with E-state index in [0.717, 1.165) is 19.3 Å². The Balaban J connectivity index is 5.22. The summed E-state index contributed by atoms with van der Waals surface area (Å²) in [5, 5.41) is 9.46. The molecule has 4 heteroatoms. The van der Waals surface area contributed by atoms with E-state index in [1.54, 1.807) is 14.2 Å². The summed E-state index contributed by atoms with van der Waals surface area (Å²) in [6, 6.07) is 0. The molecule has 1 atom stereocenters. The average molecular weight is 475 g/mol. The number of hydrogen-bond donors (Lipinski definition) is 1. The molecule has 0 bridgehead atoms. The third-order valence-corrected chi connectivity index (χ3v) is 18.5. The Morgan fingerprint density at radius 3 is 1.69 bits per heavy atom. The zero-order valence-corrected chi connectivity index (χ0v) is 21.0. The van der Waals surface area contributed by atoms with E-state index in [1.165, 1.54) is 51.8 Å². The Morgan fingerprint density at radius 2 is 1.31 bits per heavy atom. The van der Waals surface area contributed by atoms with Gasteiger partial charge in [-0.25, -0.2) is 0 Å². The van der Waals surface area contributed by atoms with Gasteiger partial charge < -0.3 is 0 Å². The van der Waals surface area contributed by atoms with Crippen molar-refractivity contribution in [1.82, 2.24) is 0 Å². The third kappa shape index (κ3) is 11.8. The molecule has 154 valence electrons. The van der Waals surface area contributed by atoms with Crippen LogP contribution in [0.25, 0.3) is 0 Å². The van der Waals surface area contributed by atoms with Crippen LogP contribution in [0, 0.1) is 15.8 Å². The minimum absolute atomic E-state index is 0.161. The van der Waals surface area contributed by atoms with Gasteiger partial charge >= 0.3 is 168 Å². The van der Waals surface area contributed by atoms with Crippen molar-refractivity contribution in [1.29, 1.82) is 0 Å². The molecule has 0 fully saturated rings. The van der Waals surface area contributed by atoms with Gasteiger partial charge in [-0.2, -0.15) is 0 Å². The Morgan fingerprint density at radius 1 is 0.808 bits per heavy atom. The monoisotopic (exact) mass is 476 g/mol. The second-order valence-corrected chi connectivity index (χ2v) is 19.9. The predicted octanol–water partition coefficient (Wildman–Crippen LogP) is 5.78. The van der Waals surface area contributed by atoms with Crippen LogP contribution in [0.3, 0.4) is 0 Å². The molecule has 0 radical (unpaired) electrons. The van der Waals surface area contributed by atoms with Crippen molar-refractivity contribution in [2.45, 2.75) is 98.2 Å². The summed E-state index contributed by atoms with van der Waals surface area (Å²) in [6.07, 6.45) is 10.3. The van der Waals surface area contributed by atoms with Gasteiger partial charge in [-0.3, -0.25) is 0 Å². The Hall–Kier alpha value is 0.239. The van der Waals surface area contributed by atoms with Crippen molar-refractivity contribution in [3.05, 3.63) is 0 Å². The molecule has 0 aliphatic rings. The molecule has 0 aliphatic carbocycles. The summed E-state index contributed by atoms with van der Waals surface area (Å²) in [4.78, 5) is 0. The first-order valence-corrected chi connectivity index (χ1v) is 18.3. The van der Waals surface area contributed by atoms with E-state index in [1.807, 2.05) is 0 Å². The van der Waals surface area contributed by atoms with Gasteiger partial charge in [0.15, 0.2) is 0 Å². The summed E-state index contributed by atoms with van der Waals surface area (Å²) in [5.74, 6) is 3.94. The number of aliphatic hydroxyl groups excluding tert-OH is 1. The molecular weight excluding hydrogens is 431 g/mol. The molecule has 0 aromatic heterocycles. The standard InChI is InChI=1S/C10H17O3.3C4H9.Sn/c1-4-9(7-8-11)5-6-10(12-2)13-3;3*1-3-4-2;/h9-11H,5-8H2,2-3H3;3*1,3-4H2,2H3;. The fourth-order valence-corrected chi connectivity index (χ4v) is 17.0. The summed E-state index contributed by atoms with van der Waals surface area (Å²) in [7, 11) is 3.37. The van der Waals surface area contributed by atoms with Crippen LogP contribution in [-0.4, -0.2) is 50.6 Å². The number of rotatable bonds is 16. The molecule has 0 heterocycles. The first-order chi connectivity index (χ1) is 12.6. The zero-order chi connectivity index (χ0) is 19.7. The summed E-state index contributed by atoms with van der Waals surface area (Å²) in [6.45, 7) is 7.11. The molecule has 0 aromatic carbocycles. The van der Waals surface area contributed by atoms with Crippen LogP contribution < -0.4 is 0 Å². The van der Waals surface area contributed by atoms with Crippen LogP contribution in [-0.2, 0) is 9.47 Å². The second-order valence-electron chi connectivity index (χ2n) is 7.55. The normalized spacial score (nSPS) is 12.9. The molecule has 1 N–H and O–H groups in total. The van der Waals surface area contributed by atoms with Crippen LogP contribution in [0.4, 0.5) is 0 Å². The number of ether oxygens (including phenoxy) is 2. The minimum atomic E-state index is -2.39. The maximum absolute atomic E-state index is 9.46. The fourth-order valence-electron chi connectivity index (χ4n) is 3.48. The second kappa shape index (κ2) is 17.3. The van der Waals surface area contributed by atoms with E-state index >= 15 is 0 Å². The molecular formula is C22H44O3Sn. The van der Waals surface area contributed by atoms with Gasteiger partial charge in [0.2, 0.25) is 0 Å². The Labute approximate surface area is 167 Å². The van der Waals surface area contributed by atoms with Crippen LogP contribution in [0.1, 0.15) is 78.6 Å². The Kier molecular flexibility index (Phi) is 17.5. The van der Waals surface area contributed by atoms with Crippen molar-refractivity contribution >= 4 is 18.4 Å². The van der Waals surface area contributed by atoms with Gasteiger partial charge in [0, 0.05) is 0 Å². The number of methoxy groups -OCH3 is 2.